The summed E-state index contributed by atoms with van der Waals surface area (Å²) in [4.78, 5) is 2.53. The molecule has 0 bridgehead atoms. The average Bonchev–Trinajstić information content (AvgIpc) is 3.69. The maximum atomic E-state index is 2.53. The van der Waals surface area contributed by atoms with Gasteiger partial charge in [0.2, 0.25) is 0 Å². The van der Waals surface area contributed by atoms with Crippen LogP contribution in [0.25, 0.3) is 86.2 Å². The highest BCUT2D eigenvalue weighted by atomic mass is 32.1. The van der Waals surface area contributed by atoms with Crippen molar-refractivity contribution in [3.63, 3.8) is 0 Å². The number of fused-ring (bicyclic) bond motifs is 5. The van der Waals surface area contributed by atoms with Crippen molar-refractivity contribution in [2.45, 2.75) is 0 Å². The van der Waals surface area contributed by atoms with Crippen LogP contribution in [0, 0.1) is 0 Å². The third-order valence-electron chi connectivity index (χ3n) is 11.5. The van der Waals surface area contributed by atoms with E-state index in [1.807, 2.05) is 11.3 Å². The Balaban J connectivity index is 1.26. The van der Waals surface area contributed by atoms with Crippen LogP contribution in [0.3, 0.4) is 0 Å². The van der Waals surface area contributed by atoms with Gasteiger partial charge >= 0.3 is 0 Å². The summed E-state index contributed by atoms with van der Waals surface area (Å²) in [6.07, 6.45) is 0. The largest absolute Gasteiger partial charge is 0.308 e. The van der Waals surface area contributed by atoms with Crippen molar-refractivity contribution in [3.05, 3.63) is 224 Å². The van der Waals surface area contributed by atoms with Gasteiger partial charge < -0.3 is 4.90 Å². The molecule has 0 aliphatic carbocycles. The Morgan fingerprint density at radius 3 is 1.53 bits per heavy atom. The molecular weight excluding hydrogens is 719 g/mol. The maximum absolute atomic E-state index is 2.53. The zero-order chi connectivity index (χ0) is 38.4. The third-order valence-corrected chi connectivity index (χ3v) is 12.7. The molecule has 0 aliphatic rings. The van der Waals surface area contributed by atoms with Gasteiger partial charge in [0.25, 0.3) is 0 Å². The monoisotopic (exact) mass is 755 g/mol. The van der Waals surface area contributed by atoms with E-state index in [0.717, 1.165) is 17.1 Å². The molecule has 58 heavy (non-hydrogen) atoms. The molecule has 0 atom stereocenters. The summed E-state index contributed by atoms with van der Waals surface area (Å²) in [5.41, 5.74) is 13.1. The van der Waals surface area contributed by atoms with Crippen LogP contribution >= 0.6 is 11.3 Å². The lowest BCUT2D eigenvalue weighted by Gasteiger charge is -2.30. The van der Waals surface area contributed by atoms with Gasteiger partial charge in [-0.3, -0.25) is 0 Å². The summed E-state index contributed by atoms with van der Waals surface area (Å²) in [6.45, 7) is 0. The summed E-state index contributed by atoms with van der Waals surface area (Å²) >= 11 is 1.89. The average molecular weight is 756 g/mol. The normalized spacial score (nSPS) is 11.4. The van der Waals surface area contributed by atoms with Gasteiger partial charge in [-0.25, -0.2) is 0 Å². The van der Waals surface area contributed by atoms with Crippen LogP contribution in [-0.4, -0.2) is 0 Å². The van der Waals surface area contributed by atoms with Crippen molar-refractivity contribution in [1.82, 2.24) is 0 Å². The van der Waals surface area contributed by atoms with Gasteiger partial charge in [0.15, 0.2) is 0 Å². The van der Waals surface area contributed by atoms with Gasteiger partial charge in [0.1, 0.15) is 0 Å². The summed E-state index contributed by atoms with van der Waals surface area (Å²) < 4.78 is 2.55. The second kappa shape index (κ2) is 14.4. The van der Waals surface area contributed by atoms with E-state index in [4.69, 9.17) is 0 Å². The maximum Gasteiger partial charge on any atom is 0.0640 e. The Kier molecular flexibility index (Phi) is 8.42. The number of rotatable bonds is 7. The van der Waals surface area contributed by atoms with Crippen LogP contribution in [0.15, 0.2) is 224 Å². The molecule has 0 fully saturated rings. The van der Waals surface area contributed by atoms with Gasteiger partial charge in [-0.1, -0.05) is 200 Å². The van der Waals surface area contributed by atoms with Gasteiger partial charge in [-0.2, -0.15) is 0 Å². The second-order valence-corrected chi connectivity index (χ2v) is 15.8. The minimum absolute atomic E-state index is 1.10. The predicted octanol–water partition coefficient (Wildman–Crippen LogP) is 16.5. The van der Waals surface area contributed by atoms with E-state index in [1.54, 1.807) is 0 Å². The van der Waals surface area contributed by atoms with E-state index in [9.17, 15) is 0 Å². The van der Waals surface area contributed by atoms with Crippen molar-refractivity contribution in [2.75, 3.05) is 4.90 Å². The summed E-state index contributed by atoms with van der Waals surface area (Å²) in [5, 5.41) is 7.45. The SMILES string of the molecule is c1ccc(-c2cccc(N(c3cccc(-c4cccc5ccccc45)c3-c3cccc4ccccc34)c3cccc4c3sc3c(-c5ccccc5)cccc34)c2)cc1. The quantitative estimate of drug-likeness (QED) is 0.157. The van der Waals surface area contributed by atoms with Crippen molar-refractivity contribution >= 4 is 70.1 Å². The van der Waals surface area contributed by atoms with E-state index in [1.165, 1.54) is 86.2 Å². The van der Waals surface area contributed by atoms with Crippen molar-refractivity contribution in [3.8, 4) is 44.5 Å². The zero-order valence-corrected chi connectivity index (χ0v) is 32.5. The molecule has 10 aromatic carbocycles. The number of benzene rings is 10. The van der Waals surface area contributed by atoms with Crippen LogP contribution in [0.5, 0.6) is 0 Å². The van der Waals surface area contributed by atoms with Crippen LogP contribution in [0.1, 0.15) is 0 Å². The van der Waals surface area contributed by atoms with Gasteiger partial charge in [0.05, 0.1) is 16.1 Å². The molecule has 0 radical (unpaired) electrons. The molecule has 1 aromatic heterocycles. The summed E-state index contributed by atoms with van der Waals surface area (Å²) in [7, 11) is 0. The molecule has 272 valence electrons. The minimum atomic E-state index is 1.10. The van der Waals surface area contributed by atoms with Crippen LogP contribution in [-0.2, 0) is 0 Å². The van der Waals surface area contributed by atoms with Crippen LogP contribution in [0.4, 0.5) is 17.1 Å². The number of hydrogen-bond acceptors (Lipinski definition) is 2. The lowest BCUT2D eigenvalue weighted by atomic mass is 9.87. The molecule has 0 saturated heterocycles. The first-order valence-electron chi connectivity index (χ1n) is 19.8. The van der Waals surface area contributed by atoms with E-state index < -0.39 is 0 Å². The second-order valence-electron chi connectivity index (χ2n) is 14.8. The fourth-order valence-electron chi connectivity index (χ4n) is 8.83. The van der Waals surface area contributed by atoms with E-state index in [0.29, 0.717) is 0 Å². The van der Waals surface area contributed by atoms with Crippen LogP contribution < -0.4 is 4.90 Å². The molecule has 0 N–H and O–H groups in total. The Morgan fingerprint density at radius 1 is 0.293 bits per heavy atom. The Bertz CT molecular complexity index is 3280. The highest BCUT2D eigenvalue weighted by Crippen LogP contribution is 2.52. The molecule has 0 aliphatic heterocycles. The first kappa shape index (κ1) is 34.0. The van der Waals surface area contributed by atoms with Crippen molar-refractivity contribution < 1.29 is 0 Å². The summed E-state index contributed by atoms with van der Waals surface area (Å²) in [6, 6.07) is 82.0. The number of thiophene rings is 1. The lowest BCUT2D eigenvalue weighted by Crippen LogP contribution is -2.12. The van der Waals surface area contributed by atoms with Gasteiger partial charge in [-0.05, 0) is 84.8 Å². The van der Waals surface area contributed by atoms with Crippen molar-refractivity contribution in [2.24, 2.45) is 0 Å². The molecule has 1 nitrogen and oxygen atoms in total. The van der Waals surface area contributed by atoms with Crippen LogP contribution in [0.2, 0.25) is 0 Å². The molecule has 11 rings (SSSR count). The molecule has 0 spiro atoms. The predicted molar refractivity (Wildman–Crippen MR) is 251 cm³/mol. The lowest BCUT2D eigenvalue weighted by molar-refractivity contribution is 1.30. The topological polar surface area (TPSA) is 3.24 Å². The molecule has 11 aromatic rings. The first-order valence-corrected chi connectivity index (χ1v) is 20.7. The molecule has 0 amide bonds. The Hall–Kier alpha value is -7.26. The number of hydrogen-bond donors (Lipinski definition) is 0. The minimum Gasteiger partial charge on any atom is -0.308 e. The molecule has 2 heteroatoms. The molecule has 1 heterocycles. The van der Waals surface area contributed by atoms with Gasteiger partial charge in [0, 0.05) is 26.7 Å². The number of anilines is 3. The van der Waals surface area contributed by atoms with E-state index in [2.05, 4.69) is 229 Å². The molecule has 0 saturated carbocycles. The summed E-state index contributed by atoms with van der Waals surface area (Å²) in [5.74, 6) is 0. The first-order chi connectivity index (χ1) is 28.8. The van der Waals surface area contributed by atoms with E-state index in [-0.39, 0.29) is 0 Å². The van der Waals surface area contributed by atoms with Crippen molar-refractivity contribution in [1.29, 1.82) is 0 Å². The molecule has 0 unspecified atom stereocenters. The highest BCUT2D eigenvalue weighted by molar-refractivity contribution is 7.27. The van der Waals surface area contributed by atoms with Gasteiger partial charge in [-0.15, -0.1) is 11.3 Å². The zero-order valence-electron chi connectivity index (χ0n) is 31.7. The smallest absolute Gasteiger partial charge is 0.0640 e. The fourth-order valence-corrected chi connectivity index (χ4v) is 10.2. The Morgan fingerprint density at radius 2 is 0.776 bits per heavy atom. The Labute approximate surface area is 342 Å². The van der Waals surface area contributed by atoms with E-state index >= 15 is 0 Å². The number of nitrogens with zero attached hydrogens (tertiary/aromatic N) is 1. The molecular formula is C56H37NS. The highest BCUT2D eigenvalue weighted by Gasteiger charge is 2.25. The standard InChI is InChI=1S/C56H37NS/c1-3-17-38(18-4-1)42-25-11-26-43(37-42)57(53-36-16-34-51-50-33-14-29-46(55(50)58-56(51)53)41-19-5-2-6-20-41)52-35-15-32-49(47-30-12-23-39-21-7-9-27-44(39)47)54(52)48-31-13-24-40-22-8-10-28-45(40)48/h1-37H. The third kappa shape index (κ3) is 5.77. The fraction of sp³-hybridized carbons (Fsp3) is 0.